The standard InChI is InChI=1S/C29H37F3O7/c1-6-8-23(37)38-14-21(35)29(39-22(36)7-2)15(3)11-16-17-12-18(30)24-25(31)19(33)9-10-26(24,4)28(17,32)20(34)13-27(16,29)5/h9-10,15-18,20,34H,6-8,11-14H2,1-5H3/t15-,16-,17-,18-,20-,26-,27-,28-,29+/m0/s1. The number of ether oxygens (including phenoxy) is 2. The SMILES string of the molecule is CCCC(=O)OCC(=O)[C@]1(OC(=O)CC)[C@@H](C)C[C@H]2[C@@H]3C[C@H](F)C4=C(F)C(=O)C=C[C@]4(C)[C@@]3(F)[C@@H](O)C[C@@]21C. The van der Waals surface area contributed by atoms with Crippen LogP contribution in [0.3, 0.4) is 0 Å². The third kappa shape index (κ3) is 3.87. The molecule has 0 aromatic rings. The van der Waals surface area contributed by atoms with Crippen molar-refractivity contribution in [3.05, 3.63) is 23.6 Å². The van der Waals surface area contributed by atoms with Crippen LogP contribution >= 0.6 is 0 Å². The predicted octanol–water partition coefficient (Wildman–Crippen LogP) is 4.45. The molecule has 3 saturated carbocycles. The molecule has 4 aliphatic carbocycles. The molecule has 10 heteroatoms. The molecule has 0 bridgehead atoms. The minimum Gasteiger partial charge on any atom is -0.457 e. The summed E-state index contributed by atoms with van der Waals surface area (Å²) in [6, 6.07) is 0. The van der Waals surface area contributed by atoms with E-state index in [9.17, 15) is 28.7 Å². The van der Waals surface area contributed by atoms with Crippen molar-refractivity contribution in [1.29, 1.82) is 0 Å². The van der Waals surface area contributed by atoms with Gasteiger partial charge >= 0.3 is 11.9 Å². The fourth-order valence-electron chi connectivity index (χ4n) is 8.27. The Kier molecular flexibility index (Phi) is 7.45. The normalized spacial score (nSPS) is 42.9. The Morgan fingerprint density at radius 2 is 1.79 bits per heavy atom. The summed E-state index contributed by atoms with van der Waals surface area (Å²) in [4.78, 5) is 50.6. The van der Waals surface area contributed by atoms with Gasteiger partial charge in [0.25, 0.3) is 0 Å². The first-order valence-electron chi connectivity index (χ1n) is 13.7. The van der Waals surface area contributed by atoms with Gasteiger partial charge in [-0.2, -0.15) is 0 Å². The number of halogens is 3. The number of aliphatic hydroxyl groups is 1. The molecule has 1 N–H and O–H groups in total. The zero-order chi connectivity index (χ0) is 29.1. The molecule has 3 fully saturated rings. The second kappa shape index (κ2) is 9.85. The number of hydrogen-bond acceptors (Lipinski definition) is 7. The Balaban J connectivity index is 1.82. The van der Waals surface area contributed by atoms with E-state index in [1.807, 2.05) is 0 Å². The second-order valence-electron chi connectivity index (χ2n) is 12.0. The number of allylic oxidation sites excluding steroid dienone is 4. The molecule has 0 spiro atoms. The van der Waals surface area contributed by atoms with Crippen molar-refractivity contribution in [2.45, 2.75) is 96.7 Å². The molecular weight excluding hydrogens is 517 g/mol. The van der Waals surface area contributed by atoms with E-state index in [1.54, 1.807) is 27.7 Å². The molecule has 4 aliphatic rings. The van der Waals surface area contributed by atoms with E-state index >= 15 is 8.78 Å². The van der Waals surface area contributed by atoms with Crippen molar-refractivity contribution in [2.75, 3.05) is 6.61 Å². The van der Waals surface area contributed by atoms with E-state index in [-0.39, 0.29) is 25.7 Å². The van der Waals surface area contributed by atoms with Crippen LogP contribution in [0.4, 0.5) is 13.2 Å². The lowest BCUT2D eigenvalue weighted by Crippen LogP contribution is -2.71. The van der Waals surface area contributed by atoms with Crippen molar-refractivity contribution in [3.63, 3.8) is 0 Å². The summed E-state index contributed by atoms with van der Waals surface area (Å²) >= 11 is 0. The van der Waals surface area contributed by atoms with E-state index in [0.29, 0.717) is 6.42 Å². The van der Waals surface area contributed by atoms with Crippen molar-refractivity contribution < 1.29 is 46.9 Å². The van der Waals surface area contributed by atoms with Crippen molar-refractivity contribution in [3.8, 4) is 0 Å². The zero-order valence-corrected chi connectivity index (χ0v) is 23.0. The number of carbonyl (C=O) groups is 4. The molecule has 4 rings (SSSR count). The first kappa shape index (κ1) is 29.5. The zero-order valence-electron chi connectivity index (χ0n) is 23.0. The highest BCUT2D eigenvalue weighted by atomic mass is 19.2. The van der Waals surface area contributed by atoms with Gasteiger partial charge in [-0.25, -0.2) is 13.2 Å². The van der Waals surface area contributed by atoms with Gasteiger partial charge in [0, 0.05) is 41.1 Å². The topological polar surface area (TPSA) is 107 Å². The van der Waals surface area contributed by atoms with Gasteiger partial charge in [0.15, 0.2) is 23.7 Å². The second-order valence-corrected chi connectivity index (χ2v) is 12.0. The minimum atomic E-state index is -2.56. The molecule has 0 heterocycles. The van der Waals surface area contributed by atoms with Crippen LogP contribution in [0.15, 0.2) is 23.6 Å². The summed E-state index contributed by atoms with van der Waals surface area (Å²) in [6.07, 6.45) is -1.99. The van der Waals surface area contributed by atoms with E-state index in [4.69, 9.17) is 9.47 Å². The highest BCUT2D eigenvalue weighted by molar-refractivity contribution is 6.04. The highest BCUT2D eigenvalue weighted by Crippen LogP contribution is 2.72. The molecular formula is C29H37F3O7. The number of ketones is 2. The lowest BCUT2D eigenvalue weighted by Gasteiger charge is -2.63. The van der Waals surface area contributed by atoms with Gasteiger partial charge in [-0.15, -0.1) is 0 Å². The minimum absolute atomic E-state index is 0.0615. The Hall–Kier alpha value is -2.49. The van der Waals surface area contributed by atoms with Crippen molar-refractivity contribution in [1.82, 2.24) is 0 Å². The van der Waals surface area contributed by atoms with Crippen molar-refractivity contribution >= 4 is 23.5 Å². The molecule has 9 atom stereocenters. The van der Waals surface area contributed by atoms with Crippen LogP contribution in [0.25, 0.3) is 0 Å². The number of carbonyl (C=O) groups excluding carboxylic acids is 4. The van der Waals surface area contributed by atoms with Crippen LogP contribution in [0.1, 0.15) is 73.1 Å². The van der Waals surface area contributed by atoms with Gasteiger partial charge in [-0.05, 0) is 44.6 Å². The lowest BCUT2D eigenvalue weighted by atomic mass is 9.44. The monoisotopic (exact) mass is 554 g/mol. The Bertz CT molecular complexity index is 1150. The first-order valence-corrected chi connectivity index (χ1v) is 13.7. The molecule has 0 unspecified atom stereocenters. The summed E-state index contributed by atoms with van der Waals surface area (Å²) in [5.74, 6) is -7.00. The lowest BCUT2D eigenvalue weighted by molar-refractivity contribution is -0.232. The van der Waals surface area contributed by atoms with Gasteiger partial charge in [-0.3, -0.25) is 19.2 Å². The first-order chi connectivity index (χ1) is 18.1. The Morgan fingerprint density at radius 3 is 2.41 bits per heavy atom. The van der Waals surface area contributed by atoms with Gasteiger partial charge in [-0.1, -0.05) is 33.8 Å². The fraction of sp³-hybridized carbons (Fsp3) is 0.724. The van der Waals surface area contributed by atoms with Crippen LogP contribution in [0.2, 0.25) is 0 Å². The number of alkyl halides is 2. The van der Waals surface area contributed by atoms with E-state index in [1.165, 1.54) is 6.92 Å². The van der Waals surface area contributed by atoms with Gasteiger partial charge in [0.2, 0.25) is 11.6 Å². The summed E-state index contributed by atoms with van der Waals surface area (Å²) in [5, 5.41) is 11.5. The predicted molar refractivity (Wildman–Crippen MR) is 133 cm³/mol. The van der Waals surface area contributed by atoms with Gasteiger partial charge in [0.1, 0.15) is 6.17 Å². The summed E-state index contributed by atoms with van der Waals surface area (Å²) in [5.41, 5.74) is -8.33. The van der Waals surface area contributed by atoms with E-state index < -0.39 is 100 Å². The average Bonchev–Trinajstić information content (AvgIpc) is 3.09. The highest BCUT2D eigenvalue weighted by Gasteiger charge is 2.78. The molecule has 39 heavy (non-hydrogen) atoms. The van der Waals surface area contributed by atoms with Gasteiger partial charge < -0.3 is 14.6 Å². The Labute approximate surface area is 226 Å². The van der Waals surface area contributed by atoms with Crippen LogP contribution in [0.5, 0.6) is 0 Å². The molecule has 216 valence electrons. The third-order valence-electron chi connectivity index (χ3n) is 10.0. The van der Waals surface area contributed by atoms with Crippen LogP contribution < -0.4 is 0 Å². The molecule has 0 aliphatic heterocycles. The third-order valence-corrected chi connectivity index (χ3v) is 10.0. The summed E-state index contributed by atoms with van der Waals surface area (Å²) in [6.45, 7) is 7.25. The maximum Gasteiger partial charge on any atom is 0.306 e. The summed E-state index contributed by atoms with van der Waals surface area (Å²) < 4.78 is 59.1. The average molecular weight is 555 g/mol. The maximum absolute atomic E-state index is 17.4. The maximum atomic E-state index is 17.4. The largest absolute Gasteiger partial charge is 0.457 e. The molecule has 0 saturated heterocycles. The number of aliphatic hydroxyl groups excluding tert-OH is 1. The molecule has 0 radical (unpaired) electrons. The van der Waals surface area contributed by atoms with E-state index in [2.05, 4.69) is 0 Å². The summed E-state index contributed by atoms with van der Waals surface area (Å²) in [7, 11) is 0. The smallest absolute Gasteiger partial charge is 0.306 e. The quantitative estimate of drug-likeness (QED) is 0.464. The fourth-order valence-corrected chi connectivity index (χ4v) is 8.27. The number of rotatable bonds is 7. The van der Waals surface area contributed by atoms with Gasteiger partial charge in [0.05, 0.1) is 6.10 Å². The van der Waals surface area contributed by atoms with Crippen LogP contribution in [-0.2, 0) is 28.7 Å². The molecule has 7 nitrogen and oxygen atoms in total. The van der Waals surface area contributed by atoms with Crippen LogP contribution in [-0.4, -0.2) is 58.8 Å². The molecule has 0 aromatic carbocycles. The number of fused-ring (bicyclic) bond motifs is 5. The number of Topliss-reactive ketones (excluding diaryl/α,β-unsaturated/α-hetero) is 1. The molecule has 0 aromatic heterocycles. The van der Waals surface area contributed by atoms with E-state index in [0.717, 1.165) is 12.2 Å². The Morgan fingerprint density at radius 1 is 1.13 bits per heavy atom. The molecule has 0 amide bonds. The number of hydrogen-bond donors (Lipinski definition) is 1. The van der Waals surface area contributed by atoms with Crippen LogP contribution in [0, 0.1) is 28.6 Å². The van der Waals surface area contributed by atoms with Crippen molar-refractivity contribution in [2.24, 2.45) is 28.6 Å². The number of esters is 2.